The van der Waals surface area contributed by atoms with Gasteiger partial charge in [0.25, 0.3) is 0 Å². The monoisotopic (exact) mass is 526 g/mol. The number of aromatic nitrogens is 4. The molecule has 0 N–H and O–H groups in total. The van der Waals surface area contributed by atoms with Crippen LogP contribution in [0.25, 0.3) is 72.3 Å². The Morgan fingerprint density at radius 1 is 0.537 bits per heavy atom. The van der Waals surface area contributed by atoms with Crippen LogP contribution in [0.1, 0.15) is 0 Å². The van der Waals surface area contributed by atoms with Gasteiger partial charge in [0.15, 0.2) is 0 Å². The minimum Gasteiger partial charge on any atom is -0.327 e. The number of para-hydroxylation sites is 3. The van der Waals surface area contributed by atoms with Crippen molar-refractivity contribution >= 4 is 32.8 Å². The maximum absolute atomic E-state index is 5.01. The van der Waals surface area contributed by atoms with E-state index in [1.54, 1.807) is 0 Å². The lowest BCUT2D eigenvalue weighted by Crippen LogP contribution is -1.99. The van der Waals surface area contributed by atoms with Crippen LogP contribution in [-0.4, -0.2) is 19.1 Å². The minimum atomic E-state index is 0.953. The van der Waals surface area contributed by atoms with Crippen molar-refractivity contribution in [2.75, 3.05) is 0 Å². The highest BCUT2D eigenvalue weighted by molar-refractivity contribution is 6.10. The molecule has 0 aliphatic heterocycles. The summed E-state index contributed by atoms with van der Waals surface area (Å²) in [4.78, 5) is 9.67. The molecule has 0 spiro atoms. The summed E-state index contributed by atoms with van der Waals surface area (Å²) in [5.41, 5.74) is 11.0. The molecule has 0 unspecified atom stereocenters. The molecular weight excluding hydrogens is 500 g/mol. The standard InChI is InChI=1S/C37H26N4/c1-40-34-17-8-6-15-32(34)39-37(40)27-19-21-30-29-13-5-7-16-33(29)41(36(30)24-27)35-23-26(31-14-9-10-22-38-31)18-20-28(35)25-11-3-2-4-12-25/h2-24H,1H3. The SMILES string of the molecule is Cn1c(-c2ccc3c4ccccc4n(-c4cc(-c5ccccn5)ccc4-c4ccccc4)c3c2)nc2ccccc21. The summed E-state index contributed by atoms with van der Waals surface area (Å²) in [7, 11) is 2.09. The molecule has 4 heteroatoms. The van der Waals surface area contributed by atoms with Gasteiger partial charge in [-0.2, -0.15) is 0 Å². The summed E-state index contributed by atoms with van der Waals surface area (Å²) in [5.74, 6) is 0.954. The highest BCUT2D eigenvalue weighted by atomic mass is 15.1. The molecule has 4 nitrogen and oxygen atoms in total. The first kappa shape index (κ1) is 23.4. The van der Waals surface area contributed by atoms with E-state index in [0.717, 1.165) is 44.9 Å². The second-order valence-electron chi connectivity index (χ2n) is 10.4. The van der Waals surface area contributed by atoms with Crippen LogP contribution in [0.3, 0.4) is 0 Å². The number of nitrogens with zero attached hydrogens (tertiary/aromatic N) is 4. The van der Waals surface area contributed by atoms with Gasteiger partial charge in [-0.25, -0.2) is 4.98 Å². The van der Waals surface area contributed by atoms with Gasteiger partial charge in [0.1, 0.15) is 5.82 Å². The second-order valence-corrected chi connectivity index (χ2v) is 10.4. The lowest BCUT2D eigenvalue weighted by molar-refractivity contribution is 0.959. The van der Waals surface area contributed by atoms with Crippen LogP contribution in [-0.2, 0) is 7.05 Å². The van der Waals surface area contributed by atoms with Crippen LogP contribution in [0.15, 0.2) is 140 Å². The van der Waals surface area contributed by atoms with Crippen molar-refractivity contribution in [1.29, 1.82) is 0 Å². The number of hydrogen-bond donors (Lipinski definition) is 0. The Kier molecular flexibility index (Phi) is 5.32. The molecule has 8 rings (SSSR count). The fourth-order valence-corrected chi connectivity index (χ4v) is 6.04. The molecule has 0 saturated heterocycles. The zero-order valence-electron chi connectivity index (χ0n) is 22.6. The largest absolute Gasteiger partial charge is 0.327 e. The molecule has 194 valence electrons. The molecule has 0 radical (unpaired) electrons. The van der Waals surface area contributed by atoms with E-state index in [1.807, 2.05) is 24.4 Å². The average Bonchev–Trinajstić information content (AvgIpc) is 3.56. The Balaban J connectivity index is 1.45. The molecule has 0 fully saturated rings. The van der Waals surface area contributed by atoms with Crippen LogP contribution < -0.4 is 0 Å². The smallest absolute Gasteiger partial charge is 0.140 e. The lowest BCUT2D eigenvalue weighted by Gasteiger charge is -2.16. The van der Waals surface area contributed by atoms with E-state index in [-0.39, 0.29) is 0 Å². The summed E-state index contributed by atoms with van der Waals surface area (Å²) in [6, 6.07) is 47.1. The number of hydrogen-bond acceptors (Lipinski definition) is 2. The number of rotatable bonds is 4. The van der Waals surface area contributed by atoms with Crippen molar-refractivity contribution in [3.05, 3.63) is 140 Å². The van der Waals surface area contributed by atoms with E-state index in [1.165, 1.54) is 27.4 Å². The third-order valence-corrected chi connectivity index (χ3v) is 8.00. The molecule has 0 atom stereocenters. The summed E-state index contributed by atoms with van der Waals surface area (Å²) < 4.78 is 4.59. The van der Waals surface area contributed by atoms with E-state index in [0.29, 0.717) is 0 Å². The molecule has 0 aliphatic carbocycles. The molecule has 0 amide bonds. The van der Waals surface area contributed by atoms with Gasteiger partial charge in [0.05, 0.1) is 33.4 Å². The van der Waals surface area contributed by atoms with Gasteiger partial charge in [-0.05, 0) is 48.0 Å². The lowest BCUT2D eigenvalue weighted by atomic mass is 9.99. The highest BCUT2D eigenvalue weighted by Gasteiger charge is 2.19. The third-order valence-electron chi connectivity index (χ3n) is 8.00. The molecule has 8 aromatic rings. The Morgan fingerprint density at radius 3 is 2.10 bits per heavy atom. The van der Waals surface area contributed by atoms with Gasteiger partial charge in [-0.1, -0.05) is 91.0 Å². The Bertz CT molecular complexity index is 2210. The number of pyridine rings is 1. The first-order valence-electron chi connectivity index (χ1n) is 13.8. The minimum absolute atomic E-state index is 0.953. The predicted molar refractivity (Wildman–Crippen MR) is 169 cm³/mol. The number of imidazole rings is 1. The number of fused-ring (bicyclic) bond motifs is 4. The van der Waals surface area contributed by atoms with Crippen molar-refractivity contribution in [3.8, 4) is 39.5 Å². The van der Waals surface area contributed by atoms with Gasteiger partial charge >= 0.3 is 0 Å². The molecule has 41 heavy (non-hydrogen) atoms. The fraction of sp³-hybridized carbons (Fsp3) is 0.0270. The van der Waals surface area contributed by atoms with E-state index in [9.17, 15) is 0 Å². The maximum Gasteiger partial charge on any atom is 0.140 e. The average molecular weight is 527 g/mol. The van der Waals surface area contributed by atoms with Gasteiger partial charge in [0, 0.05) is 40.7 Å². The number of benzene rings is 5. The second kappa shape index (κ2) is 9.32. The Morgan fingerprint density at radius 2 is 1.27 bits per heavy atom. The first-order chi connectivity index (χ1) is 20.3. The van der Waals surface area contributed by atoms with Crippen LogP contribution in [0.2, 0.25) is 0 Å². The fourth-order valence-electron chi connectivity index (χ4n) is 6.04. The van der Waals surface area contributed by atoms with E-state index in [2.05, 4.69) is 136 Å². The van der Waals surface area contributed by atoms with Crippen molar-refractivity contribution < 1.29 is 0 Å². The van der Waals surface area contributed by atoms with Gasteiger partial charge < -0.3 is 9.13 Å². The zero-order chi connectivity index (χ0) is 27.3. The quantitative estimate of drug-likeness (QED) is 0.229. The third kappa shape index (κ3) is 3.76. The summed E-state index contributed by atoms with van der Waals surface area (Å²) >= 11 is 0. The van der Waals surface area contributed by atoms with E-state index >= 15 is 0 Å². The van der Waals surface area contributed by atoms with Crippen molar-refractivity contribution in [2.24, 2.45) is 7.05 Å². The topological polar surface area (TPSA) is 35.6 Å². The molecule has 3 aromatic heterocycles. The summed E-state index contributed by atoms with van der Waals surface area (Å²) in [6.45, 7) is 0. The van der Waals surface area contributed by atoms with Gasteiger partial charge in [0.2, 0.25) is 0 Å². The van der Waals surface area contributed by atoms with Crippen LogP contribution in [0.4, 0.5) is 0 Å². The molecule has 0 saturated carbocycles. The first-order valence-corrected chi connectivity index (χ1v) is 13.8. The molecule has 0 bridgehead atoms. The molecular formula is C37H26N4. The van der Waals surface area contributed by atoms with Crippen LogP contribution in [0.5, 0.6) is 0 Å². The van der Waals surface area contributed by atoms with E-state index < -0.39 is 0 Å². The van der Waals surface area contributed by atoms with Gasteiger partial charge in [-0.3, -0.25) is 4.98 Å². The molecule has 3 heterocycles. The summed E-state index contributed by atoms with van der Waals surface area (Å²) in [5, 5.41) is 2.44. The van der Waals surface area contributed by atoms with Crippen LogP contribution >= 0.6 is 0 Å². The molecule has 0 aliphatic rings. The summed E-state index contributed by atoms with van der Waals surface area (Å²) in [6.07, 6.45) is 1.85. The van der Waals surface area contributed by atoms with Crippen molar-refractivity contribution in [1.82, 2.24) is 19.1 Å². The van der Waals surface area contributed by atoms with Gasteiger partial charge in [-0.15, -0.1) is 0 Å². The predicted octanol–water partition coefficient (Wildman–Crippen LogP) is 9.07. The van der Waals surface area contributed by atoms with E-state index in [4.69, 9.17) is 4.98 Å². The normalized spacial score (nSPS) is 11.5. The van der Waals surface area contributed by atoms with Crippen LogP contribution in [0, 0.1) is 0 Å². The molecule has 5 aromatic carbocycles. The highest BCUT2D eigenvalue weighted by Crippen LogP contribution is 2.39. The zero-order valence-corrected chi connectivity index (χ0v) is 22.6. The maximum atomic E-state index is 5.01. The van der Waals surface area contributed by atoms with Crippen molar-refractivity contribution in [3.63, 3.8) is 0 Å². The number of aryl methyl sites for hydroxylation is 1. The van der Waals surface area contributed by atoms with Crippen molar-refractivity contribution in [2.45, 2.75) is 0 Å². The Labute approximate surface area is 237 Å². The Hall–Kier alpha value is -5.48.